The van der Waals surface area contributed by atoms with Gasteiger partial charge in [-0.3, -0.25) is 4.55 Å². The van der Waals surface area contributed by atoms with Crippen molar-refractivity contribution in [2.45, 2.75) is 38.3 Å². The predicted molar refractivity (Wildman–Crippen MR) is 68.4 cm³/mol. The molecular weight excluding hydrogens is 360 g/mol. The van der Waals surface area contributed by atoms with Crippen LogP contribution >= 0.6 is 0 Å². The smallest absolute Gasteiger partial charge is 0.449 e. The fourth-order valence-corrected chi connectivity index (χ4v) is 1.39. The van der Waals surface area contributed by atoms with E-state index in [0.717, 1.165) is 13.8 Å². The molecule has 0 aliphatic carbocycles. The molecule has 0 fully saturated rings. The lowest BCUT2D eigenvalue weighted by atomic mass is 10.2. The van der Waals surface area contributed by atoms with Gasteiger partial charge in [0.1, 0.15) is 0 Å². The molecule has 138 valence electrons. The first-order chi connectivity index (χ1) is 10.8. The normalized spacial score (nSPS) is 16.2. The monoisotopic (exact) mass is 374 g/mol. The summed E-state index contributed by atoms with van der Waals surface area (Å²) in [5.74, 6) is -6.62. The SMILES string of the molecule is CC(OC(=O)C(C)OC(=O)C(O)C(O)C(=O)O)C(=O)OS(=O)(=O)O. The van der Waals surface area contributed by atoms with Gasteiger partial charge in [-0.25, -0.2) is 19.2 Å². The average Bonchev–Trinajstić information content (AvgIpc) is 2.43. The molecule has 4 N–H and O–H groups in total. The van der Waals surface area contributed by atoms with Gasteiger partial charge in [-0.15, -0.1) is 0 Å². The van der Waals surface area contributed by atoms with Crippen LogP contribution in [0.3, 0.4) is 0 Å². The number of esters is 2. The Hall–Kier alpha value is -2.29. The van der Waals surface area contributed by atoms with Crippen molar-refractivity contribution in [3.8, 4) is 0 Å². The summed E-state index contributed by atoms with van der Waals surface area (Å²) in [5, 5.41) is 26.5. The molecule has 0 aromatic carbocycles. The first-order valence-electron chi connectivity index (χ1n) is 5.97. The molecule has 0 heterocycles. The Labute approximate surface area is 134 Å². The zero-order valence-electron chi connectivity index (χ0n) is 12.2. The first kappa shape index (κ1) is 21.7. The molecule has 0 bridgehead atoms. The van der Waals surface area contributed by atoms with Crippen molar-refractivity contribution >= 4 is 34.3 Å². The fraction of sp³-hybridized carbons (Fsp3) is 0.600. The van der Waals surface area contributed by atoms with Gasteiger partial charge in [0.05, 0.1) is 0 Å². The van der Waals surface area contributed by atoms with Gasteiger partial charge < -0.3 is 29.0 Å². The van der Waals surface area contributed by atoms with E-state index in [2.05, 4.69) is 13.7 Å². The summed E-state index contributed by atoms with van der Waals surface area (Å²) in [6, 6.07) is 0. The minimum Gasteiger partial charge on any atom is -0.479 e. The molecule has 0 spiro atoms. The zero-order chi connectivity index (χ0) is 19.2. The summed E-state index contributed by atoms with van der Waals surface area (Å²) in [7, 11) is -5.11. The van der Waals surface area contributed by atoms with Crippen LogP contribution in [0.15, 0.2) is 0 Å². The van der Waals surface area contributed by atoms with Crippen LogP contribution in [-0.4, -0.2) is 76.6 Å². The van der Waals surface area contributed by atoms with Crippen molar-refractivity contribution in [3.63, 3.8) is 0 Å². The van der Waals surface area contributed by atoms with Gasteiger partial charge in [0, 0.05) is 0 Å². The minimum absolute atomic E-state index is 0.878. The van der Waals surface area contributed by atoms with E-state index in [9.17, 15) is 27.6 Å². The fourth-order valence-electron chi connectivity index (χ4n) is 1.05. The zero-order valence-corrected chi connectivity index (χ0v) is 13.0. The highest BCUT2D eigenvalue weighted by Crippen LogP contribution is 2.06. The lowest BCUT2D eigenvalue weighted by Gasteiger charge is -2.18. The number of aliphatic carboxylic acids is 1. The van der Waals surface area contributed by atoms with Crippen LogP contribution in [0.5, 0.6) is 0 Å². The van der Waals surface area contributed by atoms with E-state index in [1.165, 1.54) is 0 Å². The lowest BCUT2D eigenvalue weighted by Crippen LogP contribution is -2.43. The second kappa shape index (κ2) is 8.53. The van der Waals surface area contributed by atoms with Gasteiger partial charge in [0.2, 0.25) is 0 Å². The van der Waals surface area contributed by atoms with Crippen LogP contribution in [-0.2, 0) is 43.2 Å². The maximum absolute atomic E-state index is 11.5. The number of hydrogen-bond acceptors (Lipinski definition) is 11. The van der Waals surface area contributed by atoms with E-state index in [0.29, 0.717) is 0 Å². The largest absolute Gasteiger partial charge is 0.479 e. The molecule has 14 heteroatoms. The molecule has 4 unspecified atom stereocenters. The van der Waals surface area contributed by atoms with E-state index < -0.39 is 58.7 Å². The minimum atomic E-state index is -5.11. The van der Waals surface area contributed by atoms with Gasteiger partial charge >= 0.3 is 34.3 Å². The van der Waals surface area contributed by atoms with Crippen molar-refractivity contribution < 1.29 is 61.1 Å². The quantitative estimate of drug-likeness (QED) is 0.247. The van der Waals surface area contributed by atoms with Gasteiger partial charge in [-0.2, -0.15) is 8.42 Å². The Bertz CT molecular complexity index is 608. The third kappa shape index (κ3) is 7.32. The molecule has 24 heavy (non-hydrogen) atoms. The number of aliphatic hydroxyl groups excluding tert-OH is 2. The number of rotatable bonds is 8. The van der Waals surface area contributed by atoms with E-state index in [1.54, 1.807) is 0 Å². The lowest BCUT2D eigenvalue weighted by molar-refractivity contribution is -0.182. The van der Waals surface area contributed by atoms with Crippen molar-refractivity contribution in [2.24, 2.45) is 0 Å². The molecule has 0 aromatic rings. The number of ether oxygens (including phenoxy) is 2. The molecule has 0 amide bonds. The Morgan fingerprint density at radius 2 is 1.25 bits per heavy atom. The van der Waals surface area contributed by atoms with Crippen molar-refractivity contribution in [3.05, 3.63) is 0 Å². The van der Waals surface area contributed by atoms with Gasteiger partial charge in [0.25, 0.3) is 0 Å². The van der Waals surface area contributed by atoms with Gasteiger partial charge in [0.15, 0.2) is 24.4 Å². The Morgan fingerprint density at radius 1 is 0.833 bits per heavy atom. The standard InChI is InChI=1S/C10H14O13S/c1-3(22-10(17)6(12)5(11)7(13)14)8(15)21-4(2)9(16)23-24(18,19)20/h3-6,11-12H,1-2H3,(H,13,14)(H,18,19,20). The molecule has 0 aliphatic rings. The molecule has 0 rings (SSSR count). The van der Waals surface area contributed by atoms with Crippen molar-refractivity contribution in [1.29, 1.82) is 0 Å². The number of carbonyl (C=O) groups is 4. The van der Waals surface area contributed by atoms with Crippen LogP contribution in [0, 0.1) is 0 Å². The molecule has 0 saturated heterocycles. The second-order valence-corrected chi connectivity index (χ2v) is 5.24. The van der Waals surface area contributed by atoms with E-state index >= 15 is 0 Å². The van der Waals surface area contributed by atoms with Crippen molar-refractivity contribution in [1.82, 2.24) is 0 Å². The third-order valence-corrected chi connectivity index (χ3v) is 2.61. The van der Waals surface area contributed by atoms with Crippen LogP contribution in [0.1, 0.15) is 13.8 Å². The maximum Gasteiger partial charge on any atom is 0.449 e. The maximum atomic E-state index is 11.5. The third-order valence-electron chi connectivity index (χ3n) is 2.23. The summed E-state index contributed by atoms with van der Waals surface area (Å²) in [6.07, 6.45) is -8.55. The average molecular weight is 374 g/mol. The summed E-state index contributed by atoms with van der Waals surface area (Å²) < 4.78 is 41.1. The predicted octanol–water partition coefficient (Wildman–Crippen LogP) is -3.00. The summed E-state index contributed by atoms with van der Waals surface area (Å²) in [6.45, 7) is 1.80. The Morgan fingerprint density at radius 3 is 1.67 bits per heavy atom. The van der Waals surface area contributed by atoms with E-state index in [-0.39, 0.29) is 0 Å². The first-order valence-corrected chi connectivity index (χ1v) is 7.33. The number of carboxylic acids is 1. The number of carbonyl (C=O) groups excluding carboxylic acids is 3. The summed E-state index contributed by atoms with van der Waals surface area (Å²) >= 11 is 0. The molecule has 0 aromatic heterocycles. The van der Waals surface area contributed by atoms with Crippen LogP contribution in [0.25, 0.3) is 0 Å². The van der Waals surface area contributed by atoms with Gasteiger partial charge in [-0.05, 0) is 13.8 Å². The molecule has 0 saturated carbocycles. The molecule has 4 atom stereocenters. The molecule has 0 radical (unpaired) electrons. The van der Waals surface area contributed by atoms with E-state index in [4.69, 9.17) is 19.9 Å². The topological polar surface area (TPSA) is 211 Å². The Balaban J connectivity index is 4.64. The van der Waals surface area contributed by atoms with Crippen molar-refractivity contribution in [2.75, 3.05) is 0 Å². The molecule has 0 aliphatic heterocycles. The Kier molecular flexibility index (Phi) is 7.72. The van der Waals surface area contributed by atoms with Crippen LogP contribution < -0.4 is 0 Å². The number of hydrogen-bond donors (Lipinski definition) is 4. The summed E-state index contributed by atoms with van der Waals surface area (Å²) in [4.78, 5) is 44.3. The highest BCUT2D eigenvalue weighted by atomic mass is 32.3. The second-order valence-electron chi connectivity index (χ2n) is 4.22. The van der Waals surface area contributed by atoms with Crippen LogP contribution in [0.4, 0.5) is 0 Å². The highest BCUT2D eigenvalue weighted by Gasteiger charge is 2.34. The number of carboxylic acid groups (broad SMARTS) is 1. The molecule has 13 nitrogen and oxygen atoms in total. The van der Waals surface area contributed by atoms with Gasteiger partial charge in [-0.1, -0.05) is 0 Å². The van der Waals surface area contributed by atoms with E-state index in [1.807, 2.05) is 0 Å². The number of aliphatic hydroxyl groups is 2. The molecular formula is C10H14O13S. The highest BCUT2D eigenvalue weighted by molar-refractivity contribution is 7.81. The van der Waals surface area contributed by atoms with Crippen LogP contribution in [0.2, 0.25) is 0 Å². The summed E-state index contributed by atoms with van der Waals surface area (Å²) in [5.41, 5.74) is 0.